The molecule has 0 radical (unpaired) electrons. The van der Waals surface area contributed by atoms with E-state index in [4.69, 9.17) is 4.74 Å². The van der Waals surface area contributed by atoms with Crippen LogP contribution in [0.4, 0.5) is 0 Å². The summed E-state index contributed by atoms with van der Waals surface area (Å²) in [6.07, 6.45) is 10.3. The summed E-state index contributed by atoms with van der Waals surface area (Å²) in [7, 11) is 0. The molecule has 1 aliphatic carbocycles. The van der Waals surface area contributed by atoms with Gasteiger partial charge in [-0.3, -0.25) is 9.59 Å². The number of rotatable bonds is 14. The second-order valence-electron chi connectivity index (χ2n) is 10.5. The molecule has 0 bridgehead atoms. The van der Waals surface area contributed by atoms with Crippen molar-refractivity contribution in [3.63, 3.8) is 0 Å². The molecule has 0 aliphatic heterocycles. The van der Waals surface area contributed by atoms with E-state index in [9.17, 15) is 14.7 Å². The van der Waals surface area contributed by atoms with Gasteiger partial charge in [-0.15, -0.1) is 0 Å². The maximum atomic E-state index is 13.3. The first-order valence-corrected chi connectivity index (χ1v) is 14.4. The number of unbranched alkanes of at least 4 members (excludes halogenated alkanes) is 1. The van der Waals surface area contributed by atoms with E-state index >= 15 is 0 Å². The zero-order valence-corrected chi connectivity index (χ0v) is 22.9. The highest BCUT2D eigenvalue weighted by molar-refractivity contribution is 5.79. The van der Waals surface area contributed by atoms with Crippen LogP contribution in [0.1, 0.15) is 78.1 Å². The molecule has 1 heterocycles. The Labute approximate surface area is 222 Å². The van der Waals surface area contributed by atoms with Crippen molar-refractivity contribution >= 4 is 16.8 Å². The smallest absolute Gasteiger partial charge is 0.248 e. The van der Waals surface area contributed by atoms with Gasteiger partial charge in [-0.25, -0.2) is 0 Å². The Kier molecular flexibility index (Phi) is 12.4. The van der Waals surface area contributed by atoms with E-state index in [0.717, 1.165) is 49.1 Å². The van der Waals surface area contributed by atoms with Crippen molar-refractivity contribution in [2.24, 2.45) is 5.92 Å². The summed E-state index contributed by atoms with van der Waals surface area (Å²) < 4.78 is 5.90. The van der Waals surface area contributed by atoms with Gasteiger partial charge in [0.05, 0.1) is 12.7 Å². The number of aromatic amines is 1. The summed E-state index contributed by atoms with van der Waals surface area (Å²) in [5, 5.41) is 11.7. The van der Waals surface area contributed by atoms with Crippen molar-refractivity contribution in [2.45, 2.75) is 84.2 Å². The fourth-order valence-electron chi connectivity index (χ4n) is 5.35. The summed E-state index contributed by atoms with van der Waals surface area (Å²) in [6.45, 7) is 8.34. The van der Waals surface area contributed by atoms with E-state index in [1.165, 1.54) is 51.0 Å². The highest BCUT2D eigenvalue weighted by atomic mass is 16.5. The number of nitrogens with zero attached hydrogens (tertiary/aromatic N) is 2. The molecule has 206 valence electrons. The zero-order chi connectivity index (χ0) is 26.5. The summed E-state index contributed by atoms with van der Waals surface area (Å²) in [6, 6.07) is 8.94. The molecule has 7 heteroatoms. The van der Waals surface area contributed by atoms with Gasteiger partial charge in [-0.1, -0.05) is 46.0 Å². The topological polar surface area (TPSA) is 85.9 Å². The molecule has 2 aromatic rings. The van der Waals surface area contributed by atoms with Crippen molar-refractivity contribution in [1.82, 2.24) is 14.8 Å². The number of amides is 1. The maximum absolute atomic E-state index is 13.3. The van der Waals surface area contributed by atoms with Crippen LogP contribution in [0.2, 0.25) is 0 Å². The number of aromatic nitrogens is 1. The van der Waals surface area contributed by atoms with Crippen LogP contribution in [0, 0.1) is 5.92 Å². The van der Waals surface area contributed by atoms with Crippen molar-refractivity contribution < 1.29 is 14.6 Å². The van der Waals surface area contributed by atoms with Gasteiger partial charge in [-0.05, 0) is 69.0 Å². The number of hydrogen-bond donors (Lipinski definition) is 2. The number of aliphatic hydroxyl groups is 1. The van der Waals surface area contributed by atoms with E-state index in [-0.39, 0.29) is 11.5 Å². The monoisotopic (exact) mass is 513 g/mol. The number of nitrogens with one attached hydrogen (secondary N) is 1. The lowest BCUT2D eigenvalue weighted by atomic mass is 9.90. The summed E-state index contributed by atoms with van der Waals surface area (Å²) >= 11 is 0. The fraction of sp³-hybridized carbons (Fsp3) is 0.667. The van der Waals surface area contributed by atoms with Crippen LogP contribution in [-0.4, -0.2) is 71.2 Å². The minimum absolute atomic E-state index is 0.116. The van der Waals surface area contributed by atoms with Crippen LogP contribution in [0.15, 0.2) is 35.1 Å². The number of carbonyl (C=O) groups is 1. The highest BCUT2D eigenvalue weighted by Gasteiger charge is 2.23. The normalized spacial score (nSPS) is 15.9. The Balaban J connectivity index is 1.49. The average Bonchev–Trinajstić information content (AvgIpc) is 2.87. The minimum Gasteiger partial charge on any atom is -0.494 e. The molecule has 3 rings (SSSR count). The van der Waals surface area contributed by atoms with Crippen LogP contribution in [0.5, 0.6) is 5.75 Å². The molecule has 1 fully saturated rings. The molecule has 1 saturated carbocycles. The first-order chi connectivity index (χ1) is 18.0. The number of pyridine rings is 1. The highest BCUT2D eigenvalue weighted by Crippen LogP contribution is 2.24. The fourth-order valence-corrected chi connectivity index (χ4v) is 5.35. The van der Waals surface area contributed by atoms with E-state index < -0.39 is 6.10 Å². The molecule has 7 nitrogen and oxygen atoms in total. The van der Waals surface area contributed by atoms with E-state index in [1.54, 1.807) is 6.07 Å². The molecule has 1 aliphatic rings. The van der Waals surface area contributed by atoms with Crippen LogP contribution < -0.4 is 10.3 Å². The van der Waals surface area contributed by atoms with Crippen LogP contribution in [0.25, 0.3) is 10.9 Å². The number of likely N-dealkylation sites (N-methyl/N-ethyl adjacent to an activating group) is 1. The third kappa shape index (κ3) is 10.1. The Morgan fingerprint density at radius 1 is 1.03 bits per heavy atom. The third-order valence-corrected chi connectivity index (χ3v) is 7.60. The van der Waals surface area contributed by atoms with Gasteiger partial charge in [0.15, 0.2) is 0 Å². The second-order valence-corrected chi connectivity index (χ2v) is 10.5. The number of benzene rings is 1. The van der Waals surface area contributed by atoms with Gasteiger partial charge >= 0.3 is 0 Å². The second kappa shape index (κ2) is 15.8. The molecule has 1 amide bonds. The predicted octanol–water partition coefficient (Wildman–Crippen LogP) is 4.97. The summed E-state index contributed by atoms with van der Waals surface area (Å²) in [4.78, 5) is 31.7. The molecule has 1 aromatic carbocycles. The van der Waals surface area contributed by atoms with Gasteiger partial charge in [0, 0.05) is 43.0 Å². The summed E-state index contributed by atoms with van der Waals surface area (Å²) in [5.74, 6) is 1.45. The van der Waals surface area contributed by atoms with Crippen molar-refractivity contribution in [3.8, 4) is 5.75 Å². The molecule has 0 spiro atoms. The first kappa shape index (κ1) is 29.2. The van der Waals surface area contributed by atoms with E-state index in [0.29, 0.717) is 32.0 Å². The number of aliphatic hydroxyl groups excluding tert-OH is 1. The molecular weight excluding hydrogens is 466 g/mol. The summed E-state index contributed by atoms with van der Waals surface area (Å²) in [5.41, 5.74) is 0.674. The van der Waals surface area contributed by atoms with Crippen LogP contribution in [-0.2, 0) is 4.79 Å². The molecule has 1 unspecified atom stereocenters. The first-order valence-electron chi connectivity index (χ1n) is 14.4. The average molecular weight is 514 g/mol. The predicted molar refractivity (Wildman–Crippen MR) is 150 cm³/mol. The van der Waals surface area contributed by atoms with Crippen molar-refractivity contribution in [2.75, 3.05) is 39.3 Å². The molecule has 0 saturated heterocycles. The quantitative estimate of drug-likeness (QED) is 0.349. The number of carbonyl (C=O) groups excluding carboxylic acids is 1. The lowest BCUT2D eigenvalue weighted by Gasteiger charge is -2.32. The number of fused-ring (bicyclic) bond motifs is 1. The Bertz CT molecular complexity index is 996. The largest absolute Gasteiger partial charge is 0.494 e. The van der Waals surface area contributed by atoms with E-state index in [1.807, 2.05) is 23.1 Å². The van der Waals surface area contributed by atoms with Gasteiger partial charge in [0.1, 0.15) is 5.75 Å². The molecule has 1 aromatic heterocycles. The van der Waals surface area contributed by atoms with Gasteiger partial charge in [0.25, 0.3) is 0 Å². The maximum Gasteiger partial charge on any atom is 0.248 e. The Morgan fingerprint density at radius 2 is 1.76 bits per heavy atom. The standard InChI is InChI=1S/C30H47N3O4/c1-3-32(4-2)22-26(34)23-33(21-24-12-8-6-5-7-9-13-24)30(36)14-10-11-19-37-27-16-17-28-25(20-27)15-18-29(35)31-28/h15-18,20,24,26,34H,3-14,19,21-23H2,1-2H3,(H,31,35). The Morgan fingerprint density at radius 3 is 2.49 bits per heavy atom. The lowest BCUT2D eigenvalue weighted by Crippen LogP contribution is -2.44. The number of ether oxygens (including phenoxy) is 1. The number of hydrogen-bond acceptors (Lipinski definition) is 5. The third-order valence-electron chi connectivity index (χ3n) is 7.60. The minimum atomic E-state index is -0.524. The molecule has 2 N–H and O–H groups in total. The van der Waals surface area contributed by atoms with Gasteiger partial charge in [-0.2, -0.15) is 0 Å². The molecule has 37 heavy (non-hydrogen) atoms. The Hall–Kier alpha value is -2.38. The number of H-pyrrole nitrogens is 1. The molecule has 1 atom stereocenters. The van der Waals surface area contributed by atoms with Crippen molar-refractivity contribution in [1.29, 1.82) is 0 Å². The zero-order valence-electron chi connectivity index (χ0n) is 22.9. The lowest BCUT2D eigenvalue weighted by molar-refractivity contribution is -0.133. The van der Waals surface area contributed by atoms with Gasteiger partial charge in [0.2, 0.25) is 11.5 Å². The van der Waals surface area contributed by atoms with Crippen molar-refractivity contribution in [3.05, 3.63) is 40.7 Å². The van der Waals surface area contributed by atoms with Gasteiger partial charge < -0.3 is 24.6 Å². The van der Waals surface area contributed by atoms with Crippen LogP contribution >= 0.6 is 0 Å². The SMILES string of the molecule is CCN(CC)CC(O)CN(CC1CCCCCCC1)C(=O)CCCCOc1ccc2[nH]c(=O)ccc2c1. The van der Waals surface area contributed by atoms with Crippen LogP contribution in [0.3, 0.4) is 0 Å². The van der Waals surface area contributed by atoms with E-state index in [2.05, 4.69) is 23.7 Å². The molecular formula is C30H47N3O4.